The molecule has 0 N–H and O–H groups in total. The molecule has 0 amide bonds. The number of nitrogens with zero attached hydrogens (tertiary/aromatic N) is 1. The molecule has 1 aromatic carbocycles. The first-order chi connectivity index (χ1) is 7.82. The summed E-state index contributed by atoms with van der Waals surface area (Å²) in [7, 11) is 0. The first kappa shape index (κ1) is 13.2. The number of benzene rings is 1. The Bertz CT molecular complexity index is 501. The molecular formula is C11H6F5N. The van der Waals surface area contributed by atoms with Crippen molar-refractivity contribution in [3.8, 4) is 6.07 Å². The summed E-state index contributed by atoms with van der Waals surface area (Å²) >= 11 is 0. The van der Waals surface area contributed by atoms with Crippen LogP contribution in [-0.2, 0) is 0 Å². The Morgan fingerprint density at radius 3 is 1.65 bits per heavy atom. The highest BCUT2D eigenvalue weighted by Gasteiger charge is 2.30. The lowest BCUT2D eigenvalue weighted by Crippen LogP contribution is -2.11. The van der Waals surface area contributed by atoms with E-state index in [9.17, 15) is 22.0 Å². The van der Waals surface area contributed by atoms with Gasteiger partial charge in [0, 0.05) is 0 Å². The Labute approximate surface area is 93.8 Å². The van der Waals surface area contributed by atoms with Crippen LogP contribution in [0.3, 0.4) is 0 Å². The molecule has 0 radical (unpaired) electrons. The van der Waals surface area contributed by atoms with Gasteiger partial charge in [0.25, 0.3) is 0 Å². The number of halogens is 5. The molecule has 0 aliphatic heterocycles. The van der Waals surface area contributed by atoms with Crippen LogP contribution in [0.1, 0.15) is 18.4 Å². The van der Waals surface area contributed by atoms with Gasteiger partial charge >= 0.3 is 0 Å². The Morgan fingerprint density at radius 2 is 1.35 bits per heavy atom. The second kappa shape index (κ2) is 4.53. The van der Waals surface area contributed by atoms with Crippen LogP contribution in [0.4, 0.5) is 22.0 Å². The largest absolute Gasteiger partial charge is 0.203 e. The molecule has 1 atom stereocenters. The third-order valence-corrected chi connectivity index (χ3v) is 2.15. The molecule has 0 aliphatic rings. The zero-order valence-corrected chi connectivity index (χ0v) is 8.62. The van der Waals surface area contributed by atoms with E-state index in [-0.39, 0.29) is 5.57 Å². The zero-order chi connectivity index (χ0) is 13.3. The van der Waals surface area contributed by atoms with Crippen LogP contribution in [0, 0.1) is 40.4 Å². The Balaban J connectivity index is 3.66. The minimum Gasteiger partial charge on any atom is -0.203 e. The molecule has 0 fully saturated rings. The Morgan fingerprint density at radius 1 is 1.00 bits per heavy atom. The van der Waals surface area contributed by atoms with Crippen molar-refractivity contribution < 1.29 is 22.0 Å². The summed E-state index contributed by atoms with van der Waals surface area (Å²) in [6.45, 7) is 4.53. The molecule has 0 spiro atoms. The fourth-order valence-corrected chi connectivity index (χ4v) is 1.30. The average Bonchev–Trinajstić information content (AvgIpc) is 2.29. The molecule has 0 heterocycles. The third kappa shape index (κ3) is 2.00. The molecule has 1 unspecified atom stereocenters. The van der Waals surface area contributed by atoms with Crippen molar-refractivity contribution in [1.29, 1.82) is 5.26 Å². The van der Waals surface area contributed by atoms with Crippen LogP contribution in [-0.4, -0.2) is 0 Å². The lowest BCUT2D eigenvalue weighted by Gasteiger charge is -2.12. The minimum absolute atomic E-state index is 0.0179. The highest BCUT2D eigenvalue weighted by Crippen LogP contribution is 2.31. The number of hydrogen-bond acceptors (Lipinski definition) is 1. The molecule has 0 saturated heterocycles. The fourth-order valence-electron chi connectivity index (χ4n) is 1.30. The summed E-state index contributed by atoms with van der Waals surface area (Å²) in [4.78, 5) is 0. The van der Waals surface area contributed by atoms with Gasteiger partial charge in [0.2, 0.25) is 5.82 Å². The van der Waals surface area contributed by atoms with Gasteiger partial charge in [-0.3, -0.25) is 0 Å². The predicted octanol–water partition coefficient (Wildman–Crippen LogP) is 3.57. The maximum atomic E-state index is 13.3. The SMILES string of the molecule is C=C(C)C(C#N)c1c(F)c(F)c(F)c(F)c1F. The van der Waals surface area contributed by atoms with Crippen molar-refractivity contribution in [1.82, 2.24) is 0 Å². The van der Waals surface area contributed by atoms with Crippen LogP contribution in [0.15, 0.2) is 12.2 Å². The van der Waals surface area contributed by atoms with E-state index >= 15 is 0 Å². The fraction of sp³-hybridized carbons (Fsp3) is 0.182. The van der Waals surface area contributed by atoms with Crippen LogP contribution in [0.5, 0.6) is 0 Å². The van der Waals surface area contributed by atoms with Crippen LogP contribution in [0.2, 0.25) is 0 Å². The number of rotatable bonds is 2. The van der Waals surface area contributed by atoms with Crippen molar-refractivity contribution >= 4 is 0 Å². The molecule has 1 aromatic rings. The van der Waals surface area contributed by atoms with Crippen LogP contribution < -0.4 is 0 Å². The second-order valence-electron chi connectivity index (χ2n) is 3.39. The second-order valence-corrected chi connectivity index (χ2v) is 3.39. The highest BCUT2D eigenvalue weighted by atomic mass is 19.2. The summed E-state index contributed by atoms with van der Waals surface area (Å²) < 4.78 is 65.0. The summed E-state index contributed by atoms with van der Waals surface area (Å²) in [5.74, 6) is -12.0. The standard InChI is InChI=1S/C11H6F5N/c1-4(2)5(3-17)6-7(12)9(14)11(16)10(15)8(6)13/h5H,1H2,2H3. The van der Waals surface area contributed by atoms with Gasteiger partial charge in [0.15, 0.2) is 23.3 Å². The maximum Gasteiger partial charge on any atom is 0.200 e. The Kier molecular flexibility index (Phi) is 3.51. The van der Waals surface area contributed by atoms with E-state index in [0.717, 1.165) is 0 Å². The van der Waals surface area contributed by atoms with Crippen molar-refractivity contribution in [2.75, 3.05) is 0 Å². The number of hydrogen-bond donors (Lipinski definition) is 0. The van der Waals surface area contributed by atoms with Gasteiger partial charge in [-0.1, -0.05) is 12.2 Å². The quantitative estimate of drug-likeness (QED) is 0.339. The molecule has 90 valence electrons. The molecule has 1 rings (SSSR count). The van der Waals surface area contributed by atoms with E-state index < -0.39 is 40.6 Å². The first-order valence-electron chi connectivity index (χ1n) is 4.39. The number of allylic oxidation sites excluding steroid dienone is 1. The monoisotopic (exact) mass is 247 g/mol. The molecule has 1 nitrogen and oxygen atoms in total. The van der Waals surface area contributed by atoms with Crippen molar-refractivity contribution in [3.05, 3.63) is 46.8 Å². The average molecular weight is 247 g/mol. The lowest BCUT2D eigenvalue weighted by molar-refractivity contribution is 0.369. The van der Waals surface area contributed by atoms with Gasteiger partial charge in [-0.15, -0.1) is 0 Å². The number of nitriles is 1. The van der Waals surface area contributed by atoms with Gasteiger partial charge in [0.1, 0.15) is 0 Å². The molecular weight excluding hydrogens is 241 g/mol. The van der Waals surface area contributed by atoms with Gasteiger partial charge in [-0.05, 0) is 6.92 Å². The van der Waals surface area contributed by atoms with Crippen molar-refractivity contribution in [2.24, 2.45) is 0 Å². The van der Waals surface area contributed by atoms with E-state index in [1.807, 2.05) is 0 Å². The summed E-state index contributed by atoms with van der Waals surface area (Å²) in [5, 5.41) is 8.67. The zero-order valence-electron chi connectivity index (χ0n) is 8.62. The molecule has 0 aromatic heterocycles. The molecule has 6 heteroatoms. The predicted molar refractivity (Wildman–Crippen MR) is 49.4 cm³/mol. The maximum absolute atomic E-state index is 13.3. The van der Waals surface area contributed by atoms with Crippen molar-refractivity contribution in [3.63, 3.8) is 0 Å². The van der Waals surface area contributed by atoms with Crippen LogP contribution in [0.25, 0.3) is 0 Å². The third-order valence-electron chi connectivity index (χ3n) is 2.15. The summed E-state index contributed by atoms with van der Waals surface area (Å²) in [6, 6.07) is 1.44. The minimum atomic E-state index is -2.25. The van der Waals surface area contributed by atoms with Gasteiger partial charge < -0.3 is 0 Å². The van der Waals surface area contributed by atoms with Crippen LogP contribution >= 0.6 is 0 Å². The first-order valence-corrected chi connectivity index (χ1v) is 4.39. The molecule has 0 aliphatic carbocycles. The van der Waals surface area contributed by atoms with E-state index in [4.69, 9.17) is 5.26 Å². The highest BCUT2D eigenvalue weighted by molar-refractivity contribution is 5.37. The smallest absolute Gasteiger partial charge is 0.200 e. The Hall–Kier alpha value is -1.90. The van der Waals surface area contributed by atoms with Crippen molar-refractivity contribution in [2.45, 2.75) is 12.8 Å². The lowest BCUT2D eigenvalue weighted by atomic mass is 9.93. The van der Waals surface area contributed by atoms with Gasteiger partial charge in [0.05, 0.1) is 17.6 Å². The van der Waals surface area contributed by atoms with Gasteiger partial charge in [-0.2, -0.15) is 5.26 Å². The van der Waals surface area contributed by atoms with E-state index in [1.54, 1.807) is 0 Å². The molecule has 17 heavy (non-hydrogen) atoms. The topological polar surface area (TPSA) is 23.8 Å². The normalized spacial score (nSPS) is 12.1. The van der Waals surface area contributed by atoms with E-state index in [0.29, 0.717) is 0 Å². The summed E-state index contributed by atoms with van der Waals surface area (Å²) in [6.07, 6.45) is 0. The summed E-state index contributed by atoms with van der Waals surface area (Å²) in [5.41, 5.74) is -1.19. The van der Waals surface area contributed by atoms with E-state index in [2.05, 4.69) is 6.58 Å². The molecule has 0 bridgehead atoms. The van der Waals surface area contributed by atoms with E-state index in [1.165, 1.54) is 13.0 Å². The van der Waals surface area contributed by atoms with Gasteiger partial charge in [-0.25, -0.2) is 22.0 Å². The molecule has 0 saturated carbocycles.